The first-order chi connectivity index (χ1) is 24.5. The summed E-state index contributed by atoms with van der Waals surface area (Å²) in [6.45, 7) is 11.4. The number of likely N-dealkylation sites (tertiary alicyclic amines) is 1. The molecule has 8 nitrogen and oxygen atoms in total. The SMILES string of the molecule is CCCN1C(=O)[C@@H]2[C@@H](CC(CO[Si](c3ccccc3)(c3ccccc3)C(C)(C)C)=C3[C@@H](CC/C(=C/c4ccc(CO)o4)CC)OB(O)C[C@@H]32)C1=O. The number of fused-ring (bicyclic) bond motifs is 3. The van der Waals surface area contributed by atoms with Crippen molar-refractivity contribution in [2.45, 2.75) is 90.8 Å². The Bertz CT molecular complexity index is 1710. The first kappa shape index (κ1) is 37.2. The summed E-state index contributed by atoms with van der Waals surface area (Å²) in [6.07, 6.45) is 5.03. The molecule has 3 aliphatic rings. The molecule has 10 heteroatoms. The van der Waals surface area contributed by atoms with E-state index in [-0.39, 0.29) is 35.7 Å². The molecule has 3 aromatic rings. The van der Waals surface area contributed by atoms with E-state index < -0.39 is 33.4 Å². The Morgan fingerprint density at radius 2 is 1.65 bits per heavy atom. The third-order valence-corrected chi connectivity index (χ3v) is 16.1. The van der Waals surface area contributed by atoms with Gasteiger partial charge in [0.2, 0.25) is 11.8 Å². The number of carbonyl (C=O) groups excluding carboxylic acids is 2. The van der Waals surface area contributed by atoms with Gasteiger partial charge in [0, 0.05) is 6.54 Å². The summed E-state index contributed by atoms with van der Waals surface area (Å²) in [6, 6.07) is 24.7. The molecule has 4 atom stereocenters. The van der Waals surface area contributed by atoms with E-state index in [2.05, 4.69) is 76.2 Å². The highest BCUT2D eigenvalue weighted by Crippen LogP contribution is 2.51. The fraction of sp³-hybridized carbons (Fsp3) is 0.463. The van der Waals surface area contributed by atoms with Crippen molar-refractivity contribution in [3.63, 3.8) is 0 Å². The number of imide groups is 1. The summed E-state index contributed by atoms with van der Waals surface area (Å²) in [5.41, 5.74) is 3.19. The van der Waals surface area contributed by atoms with Crippen LogP contribution in [0.25, 0.3) is 6.08 Å². The lowest BCUT2D eigenvalue weighted by atomic mass is 9.58. The number of aliphatic hydroxyl groups is 1. The smallest absolute Gasteiger partial charge is 0.455 e. The highest BCUT2D eigenvalue weighted by atomic mass is 28.4. The molecule has 1 aromatic heterocycles. The number of rotatable bonds is 13. The molecule has 2 aromatic carbocycles. The van der Waals surface area contributed by atoms with Gasteiger partial charge in [-0.15, -0.1) is 0 Å². The van der Waals surface area contributed by atoms with Gasteiger partial charge in [0.1, 0.15) is 18.1 Å². The predicted octanol–water partition coefficient (Wildman–Crippen LogP) is 6.13. The minimum Gasteiger partial charge on any atom is -0.459 e. The number of carbonyl (C=O) groups is 2. The summed E-state index contributed by atoms with van der Waals surface area (Å²) >= 11 is 0. The van der Waals surface area contributed by atoms with Gasteiger partial charge in [-0.3, -0.25) is 14.5 Å². The topological polar surface area (TPSA) is 109 Å². The standard InChI is InChI=1S/C41H52BNO7Si/c1-6-22-43-39(45)34-24-29(27-48-51(41(3,4)5,32-14-10-8-11-15-32)33-16-12-9-13-17-33)37-35(38(34)40(43)46)25-42(47)50-36(37)21-18-28(7-2)23-30-19-20-31(26-44)49-30/h8-17,19-20,23,34-36,38,44,47H,6-7,18,21-22,24-27H2,1-5H3/b28-23+/t34-,35+,36-,38-/m1/s1. The molecular formula is C41H52BNO7Si. The van der Waals surface area contributed by atoms with Crippen LogP contribution in [0.1, 0.15) is 78.2 Å². The summed E-state index contributed by atoms with van der Waals surface area (Å²) < 4.78 is 19.6. The Morgan fingerprint density at radius 3 is 2.22 bits per heavy atom. The Kier molecular flexibility index (Phi) is 11.4. The van der Waals surface area contributed by atoms with Crippen molar-refractivity contribution in [3.05, 3.63) is 101 Å². The second kappa shape index (κ2) is 15.6. The zero-order valence-corrected chi connectivity index (χ0v) is 31.6. The lowest BCUT2D eigenvalue weighted by Gasteiger charge is -2.46. The molecule has 2 amide bonds. The largest absolute Gasteiger partial charge is 0.459 e. The Hall–Kier alpha value is -3.54. The molecule has 0 bridgehead atoms. The van der Waals surface area contributed by atoms with Crippen LogP contribution >= 0.6 is 0 Å². The van der Waals surface area contributed by atoms with Crippen molar-refractivity contribution >= 4 is 43.7 Å². The molecule has 0 spiro atoms. The van der Waals surface area contributed by atoms with Gasteiger partial charge < -0.3 is 23.6 Å². The maximum atomic E-state index is 14.0. The first-order valence-electron chi connectivity index (χ1n) is 18.6. The first-order valence-corrected chi connectivity index (χ1v) is 20.5. The van der Waals surface area contributed by atoms with Crippen LogP contribution in [-0.4, -0.2) is 61.5 Å². The molecule has 0 saturated carbocycles. The van der Waals surface area contributed by atoms with Crippen molar-refractivity contribution in [1.82, 2.24) is 4.90 Å². The van der Waals surface area contributed by atoms with E-state index in [1.54, 1.807) is 6.07 Å². The molecule has 6 rings (SSSR count). The van der Waals surface area contributed by atoms with Gasteiger partial charge >= 0.3 is 7.12 Å². The van der Waals surface area contributed by atoms with Crippen LogP contribution in [0.15, 0.2) is 93.9 Å². The van der Waals surface area contributed by atoms with E-state index in [0.717, 1.165) is 23.1 Å². The summed E-state index contributed by atoms with van der Waals surface area (Å²) in [5, 5.41) is 22.7. The predicted molar refractivity (Wildman–Crippen MR) is 202 cm³/mol. The van der Waals surface area contributed by atoms with E-state index >= 15 is 0 Å². The van der Waals surface area contributed by atoms with Gasteiger partial charge in [0.15, 0.2) is 0 Å². The Morgan fingerprint density at radius 1 is 0.980 bits per heavy atom. The fourth-order valence-corrected chi connectivity index (χ4v) is 13.3. The molecule has 51 heavy (non-hydrogen) atoms. The second-order valence-corrected chi connectivity index (χ2v) is 19.6. The summed E-state index contributed by atoms with van der Waals surface area (Å²) in [7, 11) is -3.97. The highest BCUT2D eigenvalue weighted by Gasteiger charge is 2.58. The minimum absolute atomic E-state index is 0.108. The maximum absolute atomic E-state index is 14.0. The zero-order chi connectivity index (χ0) is 36.3. The van der Waals surface area contributed by atoms with E-state index in [0.29, 0.717) is 50.4 Å². The van der Waals surface area contributed by atoms with Gasteiger partial charge in [-0.05, 0) is 89.1 Å². The molecule has 0 radical (unpaired) electrons. The average Bonchev–Trinajstić information content (AvgIpc) is 3.68. The molecule has 0 unspecified atom stereocenters. The number of nitrogens with zero attached hydrogens (tertiary/aromatic N) is 1. The van der Waals surface area contributed by atoms with Gasteiger partial charge in [0.25, 0.3) is 8.32 Å². The van der Waals surface area contributed by atoms with Gasteiger partial charge in [-0.25, -0.2) is 0 Å². The quantitative estimate of drug-likeness (QED) is 0.125. The maximum Gasteiger partial charge on any atom is 0.455 e. The number of benzene rings is 2. The number of hydrogen-bond acceptors (Lipinski definition) is 7. The van der Waals surface area contributed by atoms with Crippen molar-refractivity contribution in [2.75, 3.05) is 13.2 Å². The molecular weight excluding hydrogens is 657 g/mol. The van der Waals surface area contributed by atoms with E-state index in [1.807, 2.05) is 31.2 Å². The molecule has 2 fully saturated rings. The molecule has 2 N–H and O–H groups in total. The summed E-state index contributed by atoms with van der Waals surface area (Å²) in [4.78, 5) is 29.3. The highest BCUT2D eigenvalue weighted by molar-refractivity contribution is 6.99. The van der Waals surface area contributed by atoms with Crippen LogP contribution in [0, 0.1) is 17.8 Å². The van der Waals surface area contributed by atoms with E-state index in [9.17, 15) is 19.7 Å². The molecule has 270 valence electrons. The van der Waals surface area contributed by atoms with Crippen LogP contribution in [0.2, 0.25) is 11.4 Å². The third-order valence-electron chi connectivity index (χ3n) is 11.1. The van der Waals surface area contributed by atoms with Crippen molar-refractivity contribution in [1.29, 1.82) is 0 Å². The van der Waals surface area contributed by atoms with Crippen LogP contribution in [-0.2, 0) is 25.3 Å². The molecule has 2 saturated heterocycles. The zero-order valence-electron chi connectivity index (χ0n) is 30.6. The van der Waals surface area contributed by atoms with Crippen LogP contribution < -0.4 is 10.4 Å². The Labute approximate surface area is 303 Å². The molecule has 1 aliphatic carbocycles. The third kappa shape index (κ3) is 7.26. The van der Waals surface area contributed by atoms with Crippen molar-refractivity contribution < 1.29 is 33.2 Å². The van der Waals surface area contributed by atoms with E-state index in [4.69, 9.17) is 13.5 Å². The summed E-state index contributed by atoms with van der Waals surface area (Å²) in [5.74, 6) is -0.351. The number of hydrogen-bond donors (Lipinski definition) is 2. The van der Waals surface area contributed by atoms with Crippen molar-refractivity contribution in [2.24, 2.45) is 17.8 Å². The van der Waals surface area contributed by atoms with Gasteiger partial charge in [0.05, 0.1) is 24.5 Å². The van der Waals surface area contributed by atoms with Crippen LogP contribution in [0.4, 0.5) is 0 Å². The van der Waals surface area contributed by atoms with E-state index in [1.165, 1.54) is 15.3 Å². The molecule has 3 heterocycles. The number of allylic oxidation sites excluding steroid dienone is 1. The number of aliphatic hydroxyl groups excluding tert-OH is 1. The lowest BCUT2D eigenvalue weighted by Crippen LogP contribution is -2.66. The number of amides is 2. The lowest BCUT2D eigenvalue weighted by molar-refractivity contribution is -0.140. The fourth-order valence-electron chi connectivity index (χ4n) is 8.79. The van der Waals surface area contributed by atoms with Crippen LogP contribution in [0.3, 0.4) is 0 Å². The normalized spacial score (nSPS) is 22.8. The van der Waals surface area contributed by atoms with Crippen molar-refractivity contribution in [3.8, 4) is 0 Å². The van der Waals surface area contributed by atoms with Gasteiger partial charge in [-0.2, -0.15) is 0 Å². The van der Waals surface area contributed by atoms with Crippen LogP contribution in [0.5, 0.6) is 0 Å². The number of furan rings is 1. The second-order valence-electron chi connectivity index (χ2n) is 15.3. The monoisotopic (exact) mass is 709 g/mol. The van der Waals surface area contributed by atoms with Gasteiger partial charge in [-0.1, -0.05) is 101 Å². The Balaban J connectivity index is 1.42. The minimum atomic E-state index is -2.93. The average molecular weight is 710 g/mol. The molecule has 2 aliphatic heterocycles.